The van der Waals surface area contributed by atoms with Crippen molar-refractivity contribution in [3.8, 4) is 0 Å². The van der Waals surface area contributed by atoms with E-state index < -0.39 is 26.7 Å². The SMILES string of the molecule is Cc1oc(C(=O)O)cc1S(=O)(=O)O.[BaH2]. The molecule has 0 unspecified atom stereocenters. The number of aryl methyl sites for hydroxylation is 1. The minimum absolute atomic E-state index is 0. The third kappa shape index (κ3) is 3.12. The van der Waals surface area contributed by atoms with Crippen molar-refractivity contribution >= 4 is 65.0 Å². The van der Waals surface area contributed by atoms with Gasteiger partial charge in [-0.3, -0.25) is 4.55 Å². The fourth-order valence-corrected chi connectivity index (χ4v) is 1.49. The van der Waals surface area contributed by atoms with Crippen LogP contribution in [0, 0.1) is 6.92 Å². The van der Waals surface area contributed by atoms with Crippen LogP contribution in [0.25, 0.3) is 0 Å². The molecule has 1 aromatic rings. The van der Waals surface area contributed by atoms with Gasteiger partial charge < -0.3 is 9.52 Å². The van der Waals surface area contributed by atoms with E-state index in [-0.39, 0.29) is 54.6 Å². The van der Waals surface area contributed by atoms with Crippen LogP contribution in [0.2, 0.25) is 0 Å². The maximum absolute atomic E-state index is 10.6. The van der Waals surface area contributed by atoms with E-state index in [4.69, 9.17) is 9.66 Å². The number of carbonyl (C=O) groups is 1. The molecule has 0 aliphatic carbocycles. The van der Waals surface area contributed by atoms with E-state index in [9.17, 15) is 13.2 Å². The van der Waals surface area contributed by atoms with Crippen LogP contribution in [-0.4, -0.2) is 72.9 Å². The van der Waals surface area contributed by atoms with E-state index in [1.807, 2.05) is 0 Å². The molecule has 14 heavy (non-hydrogen) atoms. The molecule has 0 fully saturated rings. The van der Waals surface area contributed by atoms with E-state index in [1.165, 1.54) is 6.92 Å². The Kier molecular flexibility index (Phi) is 4.92. The molecule has 0 aromatic carbocycles. The molecule has 0 saturated heterocycles. The van der Waals surface area contributed by atoms with Gasteiger partial charge in [0.2, 0.25) is 5.76 Å². The van der Waals surface area contributed by atoms with Gasteiger partial charge in [0.25, 0.3) is 10.1 Å². The third-order valence-corrected chi connectivity index (χ3v) is 2.32. The zero-order valence-electron chi connectivity index (χ0n) is 6.51. The summed E-state index contributed by atoms with van der Waals surface area (Å²) in [5.41, 5.74) is 0. The summed E-state index contributed by atoms with van der Waals surface area (Å²) in [6, 6.07) is 0.757. The van der Waals surface area contributed by atoms with Crippen LogP contribution >= 0.6 is 0 Å². The summed E-state index contributed by atoms with van der Waals surface area (Å²) in [4.78, 5) is 9.80. The number of carboxylic acid groups (broad SMARTS) is 1. The van der Waals surface area contributed by atoms with Gasteiger partial charge in [-0.15, -0.1) is 0 Å². The van der Waals surface area contributed by atoms with Crippen LogP contribution in [0.5, 0.6) is 0 Å². The molecule has 0 spiro atoms. The molecule has 8 heteroatoms. The van der Waals surface area contributed by atoms with Crippen molar-refractivity contribution < 1.29 is 27.3 Å². The first kappa shape index (κ1) is 14.2. The number of hydrogen-bond donors (Lipinski definition) is 2. The van der Waals surface area contributed by atoms with Crippen molar-refractivity contribution in [2.45, 2.75) is 11.8 Å². The van der Waals surface area contributed by atoms with Crippen molar-refractivity contribution in [3.63, 3.8) is 0 Å². The molecule has 0 amide bonds. The Morgan fingerprint density at radius 3 is 2.21 bits per heavy atom. The van der Waals surface area contributed by atoms with Gasteiger partial charge in [-0.25, -0.2) is 4.79 Å². The van der Waals surface area contributed by atoms with Crippen molar-refractivity contribution in [3.05, 3.63) is 17.6 Å². The number of carboxylic acids is 1. The standard InChI is InChI=1S/C6H6O6S.Ba.2H/c1-3-5(13(9,10)11)2-4(12-3)6(7)8;;;/h2H,1H3,(H,7,8)(H,9,10,11);;;. The van der Waals surface area contributed by atoms with Crippen molar-refractivity contribution in [2.24, 2.45) is 0 Å². The van der Waals surface area contributed by atoms with Crippen LogP contribution in [0.1, 0.15) is 16.3 Å². The van der Waals surface area contributed by atoms with Crippen molar-refractivity contribution in [2.75, 3.05) is 0 Å². The van der Waals surface area contributed by atoms with Crippen LogP contribution in [0.15, 0.2) is 15.4 Å². The average molecular weight is 346 g/mol. The normalized spacial score (nSPS) is 10.7. The molecule has 0 atom stereocenters. The number of hydrogen-bond acceptors (Lipinski definition) is 4. The molecule has 1 rings (SSSR count). The molecule has 1 aromatic heterocycles. The Balaban J connectivity index is 0.00000169. The van der Waals surface area contributed by atoms with Crippen molar-refractivity contribution in [1.29, 1.82) is 0 Å². The molecule has 0 saturated carbocycles. The Labute approximate surface area is 120 Å². The first-order chi connectivity index (χ1) is 5.82. The molecule has 1 heterocycles. The zero-order valence-corrected chi connectivity index (χ0v) is 7.33. The van der Waals surface area contributed by atoms with Gasteiger partial charge in [0.05, 0.1) is 0 Å². The van der Waals surface area contributed by atoms with Crippen LogP contribution in [-0.2, 0) is 10.1 Å². The average Bonchev–Trinajstić information content (AvgIpc) is 2.29. The summed E-state index contributed by atoms with van der Waals surface area (Å²) in [5.74, 6) is -2.07. The molecule has 0 aliphatic heterocycles. The maximum atomic E-state index is 10.6. The summed E-state index contributed by atoms with van der Waals surface area (Å²) in [5, 5.41) is 8.42. The zero-order chi connectivity index (χ0) is 10.2. The Morgan fingerprint density at radius 2 is 2.00 bits per heavy atom. The molecule has 0 radical (unpaired) electrons. The third-order valence-electron chi connectivity index (χ3n) is 1.36. The van der Waals surface area contributed by atoms with Crippen LogP contribution in [0.3, 0.4) is 0 Å². The predicted octanol–water partition coefficient (Wildman–Crippen LogP) is -0.383. The summed E-state index contributed by atoms with van der Waals surface area (Å²) in [7, 11) is -4.40. The second-order valence-corrected chi connectivity index (χ2v) is 3.70. The molecular formula is C6H8BaO6S. The molecule has 2 N–H and O–H groups in total. The summed E-state index contributed by atoms with van der Waals surface area (Å²) in [6.45, 7) is 1.25. The molecule has 6 nitrogen and oxygen atoms in total. The summed E-state index contributed by atoms with van der Waals surface area (Å²) >= 11 is 0. The van der Waals surface area contributed by atoms with E-state index in [0.717, 1.165) is 6.07 Å². The quantitative estimate of drug-likeness (QED) is 0.559. The Morgan fingerprint density at radius 1 is 1.50 bits per heavy atom. The number of aromatic carboxylic acids is 1. The second-order valence-electron chi connectivity index (χ2n) is 2.31. The van der Waals surface area contributed by atoms with E-state index in [1.54, 1.807) is 0 Å². The molecular weight excluding hydrogens is 337 g/mol. The molecule has 76 valence electrons. The Bertz CT molecular complexity index is 445. The van der Waals surface area contributed by atoms with Gasteiger partial charge >= 0.3 is 54.9 Å². The Hall–Kier alpha value is 0.231. The van der Waals surface area contributed by atoms with E-state index in [0.29, 0.717) is 0 Å². The van der Waals surface area contributed by atoms with Gasteiger partial charge in [-0.05, 0) is 6.92 Å². The van der Waals surface area contributed by atoms with Gasteiger partial charge in [0.1, 0.15) is 10.7 Å². The van der Waals surface area contributed by atoms with Crippen molar-refractivity contribution in [1.82, 2.24) is 0 Å². The first-order valence-electron chi connectivity index (χ1n) is 3.13. The molecule has 0 bridgehead atoms. The van der Waals surface area contributed by atoms with Gasteiger partial charge in [-0.2, -0.15) is 8.42 Å². The van der Waals surface area contributed by atoms with Gasteiger partial charge in [0.15, 0.2) is 0 Å². The topological polar surface area (TPSA) is 105 Å². The second kappa shape index (κ2) is 4.84. The first-order valence-corrected chi connectivity index (χ1v) is 4.57. The van der Waals surface area contributed by atoms with Gasteiger partial charge in [0, 0.05) is 6.07 Å². The van der Waals surface area contributed by atoms with E-state index >= 15 is 0 Å². The predicted molar refractivity (Wildman–Crippen MR) is 48.8 cm³/mol. The number of rotatable bonds is 2. The van der Waals surface area contributed by atoms with Gasteiger partial charge in [-0.1, -0.05) is 0 Å². The van der Waals surface area contributed by atoms with E-state index in [2.05, 4.69) is 4.42 Å². The monoisotopic (exact) mass is 346 g/mol. The fourth-order valence-electron chi connectivity index (χ4n) is 0.827. The summed E-state index contributed by atoms with van der Waals surface area (Å²) in [6.07, 6.45) is 0. The fraction of sp³-hybridized carbons (Fsp3) is 0.167. The molecule has 0 aliphatic rings. The van der Waals surface area contributed by atoms with Crippen LogP contribution in [0.4, 0.5) is 0 Å². The summed E-state index contributed by atoms with van der Waals surface area (Å²) < 4.78 is 34.3. The number of furan rings is 1. The van der Waals surface area contributed by atoms with Crippen LogP contribution < -0.4 is 0 Å². The minimum atomic E-state index is -4.40.